The van der Waals surface area contributed by atoms with Crippen LogP contribution in [0.5, 0.6) is 0 Å². The summed E-state index contributed by atoms with van der Waals surface area (Å²) in [4.78, 5) is 41.8. The normalized spacial score (nSPS) is 20.6. The largest absolute Gasteiger partial charge is 0.378 e. The number of amides is 1. The first-order valence-corrected chi connectivity index (χ1v) is 9.61. The standard InChI is InChI=1S/C19H30N4O3/c1-14(24)22-9-11-23(12-10-22)16-15(17(25)18(16)26)20-13-19(21(2)3)7-5-4-6-8-19/h20H,4-13H2,1-3H3. The van der Waals surface area contributed by atoms with E-state index in [1.54, 1.807) is 11.8 Å². The molecular weight excluding hydrogens is 332 g/mol. The van der Waals surface area contributed by atoms with Crippen molar-refractivity contribution < 1.29 is 4.79 Å². The first-order valence-electron chi connectivity index (χ1n) is 9.61. The molecule has 1 saturated heterocycles. The first-order chi connectivity index (χ1) is 12.4. The van der Waals surface area contributed by atoms with Gasteiger partial charge in [-0.15, -0.1) is 0 Å². The van der Waals surface area contributed by atoms with Crippen LogP contribution in [-0.2, 0) is 4.79 Å². The molecule has 1 amide bonds. The first kappa shape index (κ1) is 18.9. The Balaban J connectivity index is 1.70. The van der Waals surface area contributed by atoms with Crippen LogP contribution < -0.4 is 21.1 Å². The molecular formula is C19H30N4O3. The molecule has 1 saturated carbocycles. The highest BCUT2D eigenvalue weighted by atomic mass is 16.2. The van der Waals surface area contributed by atoms with E-state index >= 15 is 0 Å². The van der Waals surface area contributed by atoms with E-state index in [-0.39, 0.29) is 11.4 Å². The highest BCUT2D eigenvalue weighted by Gasteiger charge is 2.36. The lowest BCUT2D eigenvalue weighted by Gasteiger charge is -2.44. The average molecular weight is 362 g/mol. The molecule has 1 aromatic rings. The summed E-state index contributed by atoms with van der Waals surface area (Å²) in [6.07, 6.45) is 5.88. The van der Waals surface area contributed by atoms with Crippen molar-refractivity contribution >= 4 is 17.3 Å². The minimum atomic E-state index is -0.404. The zero-order chi connectivity index (χ0) is 18.9. The highest BCUT2D eigenvalue weighted by Crippen LogP contribution is 2.33. The zero-order valence-corrected chi connectivity index (χ0v) is 16.1. The summed E-state index contributed by atoms with van der Waals surface area (Å²) in [5.41, 5.74) is 0.230. The molecule has 144 valence electrons. The molecule has 0 bridgehead atoms. The summed E-state index contributed by atoms with van der Waals surface area (Å²) in [5.74, 6) is 0.0539. The molecule has 0 aromatic heterocycles. The van der Waals surface area contributed by atoms with Crippen molar-refractivity contribution in [1.82, 2.24) is 9.80 Å². The van der Waals surface area contributed by atoms with E-state index in [9.17, 15) is 14.4 Å². The van der Waals surface area contributed by atoms with Crippen molar-refractivity contribution in [3.05, 3.63) is 20.4 Å². The molecule has 2 fully saturated rings. The fourth-order valence-corrected chi connectivity index (χ4v) is 4.34. The average Bonchev–Trinajstić information content (AvgIpc) is 2.65. The summed E-state index contributed by atoms with van der Waals surface area (Å²) < 4.78 is 0. The van der Waals surface area contributed by atoms with Crippen LogP contribution in [0.25, 0.3) is 0 Å². The Morgan fingerprint density at radius 1 is 1.04 bits per heavy atom. The van der Waals surface area contributed by atoms with Gasteiger partial charge in [-0.1, -0.05) is 19.3 Å². The van der Waals surface area contributed by atoms with E-state index in [1.165, 1.54) is 19.3 Å². The second-order valence-electron chi connectivity index (χ2n) is 7.91. The van der Waals surface area contributed by atoms with E-state index in [0.717, 1.165) is 12.8 Å². The summed E-state index contributed by atoms with van der Waals surface area (Å²) in [6.45, 7) is 4.62. The molecule has 0 radical (unpaired) electrons. The molecule has 1 heterocycles. The molecule has 0 spiro atoms. The monoisotopic (exact) mass is 362 g/mol. The Hall–Kier alpha value is -1.89. The van der Waals surface area contributed by atoms with Crippen molar-refractivity contribution in [2.24, 2.45) is 0 Å². The maximum Gasteiger partial charge on any atom is 0.253 e. The lowest BCUT2D eigenvalue weighted by atomic mass is 9.80. The number of nitrogens with one attached hydrogen (secondary N) is 1. The molecule has 7 heteroatoms. The summed E-state index contributed by atoms with van der Waals surface area (Å²) in [7, 11) is 4.19. The maximum absolute atomic E-state index is 12.2. The van der Waals surface area contributed by atoms with Gasteiger partial charge < -0.3 is 20.0 Å². The zero-order valence-electron chi connectivity index (χ0n) is 16.1. The summed E-state index contributed by atoms with van der Waals surface area (Å²) in [6, 6.07) is 0. The van der Waals surface area contributed by atoms with Gasteiger partial charge in [0.2, 0.25) is 5.91 Å². The fraction of sp³-hybridized carbons (Fsp3) is 0.737. The van der Waals surface area contributed by atoms with E-state index in [2.05, 4.69) is 24.3 Å². The number of nitrogens with zero attached hydrogens (tertiary/aromatic N) is 3. The van der Waals surface area contributed by atoms with E-state index in [0.29, 0.717) is 44.1 Å². The second-order valence-corrected chi connectivity index (χ2v) is 7.91. The van der Waals surface area contributed by atoms with Crippen molar-refractivity contribution in [1.29, 1.82) is 0 Å². The van der Waals surface area contributed by atoms with E-state index < -0.39 is 10.9 Å². The van der Waals surface area contributed by atoms with Crippen LogP contribution in [0.4, 0.5) is 11.4 Å². The molecule has 26 heavy (non-hydrogen) atoms. The van der Waals surface area contributed by atoms with Gasteiger partial charge in [0.25, 0.3) is 10.9 Å². The van der Waals surface area contributed by atoms with Gasteiger partial charge in [0.1, 0.15) is 11.4 Å². The predicted octanol–water partition coefficient (Wildman–Crippen LogP) is 0.627. The van der Waals surface area contributed by atoms with Crippen LogP contribution in [0, 0.1) is 0 Å². The van der Waals surface area contributed by atoms with Gasteiger partial charge in [-0.3, -0.25) is 14.4 Å². The molecule has 0 unspecified atom stereocenters. The highest BCUT2D eigenvalue weighted by molar-refractivity contribution is 5.77. The lowest BCUT2D eigenvalue weighted by molar-refractivity contribution is -0.129. The van der Waals surface area contributed by atoms with Crippen LogP contribution in [-0.4, -0.2) is 68.1 Å². The number of piperazine rings is 1. The number of hydrogen-bond donors (Lipinski definition) is 1. The van der Waals surface area contributed by atoms with Crippen molar-refractivity contribution in [3.8, 4) is 0 Å². The Morgan fingerprint density at radius 2 is 1.65 bits per heavy atom. The smallest absolute Gasteiger partial charge is 0.253 e. The molecule has 1 aromatic carbocycles. The van der Waals surface area contributed by atoms with Gasteiger partial charge in [0.05, 0.1) is 0 Å². The number of carbonyl (C=O) groups is 1. The Kier molecular flexibility index (Phi) is 5.37. The third-order valence-electron chi connectivity index (χ3n) is 6.25. The van der Waals surface area contributed by atoms with Crippen LogP contribution in [0.1, 0.15) is 39.0 Å². The van der Waals surface area contributed by atoms with Crippen molar-refractivity contribution in [2.75, 3.05) is 57.0 Å². The van der Waals surface area contributed by atoms with Gasteiger partial charge in [-0.2, -0.15) is 0 Å². The molecule has 1 aliphatic carbocycles. The van der Waals surface area contributed by atoms with Gasteiger partial charge in [-0.25, -0.2) is 0 Å². The Labute approximate surface area is 154 Å². The van der Waals surface area contributed by atoms with Crippen LogP contribution in [0.3, 0.4) is 0 Å². The molecule has 2 aliphatic rings. The topological polar surface area (TPSA) is 73.0 Å². The fourth-order valence-electron chi connectivity index (χ4n) is 4.34. The van der Waals surface area contributed by atoms with Crippen LogP contribution in [0.15, 0.2) is 9.59 Å². The maximum atomic E-state index is 12.2. The van der Waals surface area contributed by atoms with E-state index in [1.807, 2.05) is 4.90 Å². The third-order valence-corrected chi connectivity index (χ3v) is 6.25. The minimum Gasteiger partial charge on any atom is -0.378 e. The van der Waals surface area contributed by atoms with Crippen LogP contribution in [0.2, 0.25) is 0 Å². The Morgan fingerprint density at radius 3 is 2.19 bits per heavy atom. The second kappa shape index (κ2) is 7.39. The molecule has 0 atom stereocenters. The number of anilines is 2. The van der Waals surface area contributed by atoms with Crippen molar-refractivity contribution in [2.45, 2.75) is 44.6 Å². The number of carbonyl (C=O) groups excluding carboxylic acids is 1. The summed E-state index contributed by atoms with van der Waals surface area (Å²) >= 11 is 0. The van der Waals surface area contributed by atoms with Crippen LogP contribution >= 0.6 is 0 Å². The van der Waals surface area contributed by atoms with Gasteiger partial charge in [0, 0.05) is 45.2 Å². The molecule has 1 aliphatic heterocycles. The number of likely N-dealkylation sites (N-methyl/N-ethyl adjacent to an activating group) is 1. The number of hydrogen-bond acceptors (Lipinski definition) is 6. The number of rotatable bonds is 5. The SMILES string of the molecule is CC(=O)N1CCN(c2c(NCC3(N(C)C)CCCCC3)c(=O)c2=O)CC1. The lowest BCUT2D eigenvalue weighted by Crippen LogP contribution is -2.54. The van der Waals surface area contributed by atoms with Gasteiger partial charge >= 0.3 is 0 Å². The summed E-state index contributed by atoms with van der Waals surface area (Å²) in [5, 5.41) is 3.32. The van der Waals surface area contributed by atoms with Gasteiger partial charge in [0.15, 0.2) is 0 Å². The quantitative estimate of drug-likeness (QED) is 0.775. The van der Waals surface area contributed by atoms with Crippen molar-refractivity contribution in [3.63, 3.8) is 0 Å². The molecule has 7 nitrogen and oxygen atoms in total. The minimum absolute atomic E-state index is 0.0443. The molecule has 3 rings (SSSR count). The van der Waals surface area contributed by atoms with Gasteiger partial charge in [-0.05, 0) is 26.9 Å². The third kappa shape index (κ3) is 3.37. The van der Waals surface area contributed by atoms with E-state index in [4.69, 9.17) is 0 Å². The predicted molar refractivity (Wildman–Crippen MR) is 104 cm³/mol. The Bertz CT molecular complexity index is 722. The molecule has 1 N–H and O–H groups in total.